The first-order valence-electron chi connectivity index (χ1n) is 8.32. The summed E-state index contributed by atoms with van der Waals surface area (Å²) in [6, 6.07) is 10.7. The van der Waals surface area contributed by atoms with Crippen LogP contribution in [0.1, 0.15) is 30.0 Å². The highest BCUT2D eigenvalue weighted by Gasteiger charge is 2.36. The predicted octanol–water partition coefficient (Wildman–Crippen LogP) is 3.55. The van der Waals surface area contributed by atoms with Crippen LogP contribution >= 0.6 is 11.8 Å². The Labute approximate surface area is 136 Å². The first-order chi connectivity index (χ1) is 10.9. The van der Waals surface area contributed by atoms with E-state index in [2.05, 4.69) is 45.4 Å². The third-order valence-electron chi connectivity index (χ3n) is 5.15. The number of benzene rings is 1. The zero-order valence-electron chi connectivity index (χ0n) is 12.9. The molecule has 22 heavy (non-hydrogen) atoms. The van der Waals surface area contributed by atoms with Gasteiger partial charge >= 0.3 is 0 Å². The molecule has 3 aliphatic rings. The lowest BCUT2D eigenvalue weighted by Gasteiger charge is -2.44. The lowest BCUT2D eigenvalue weighted by Crippen LogP contribution is -2.46. The minimum absolute atomic E-state index is 0.671. The third kappa shape index (κ3) is 2.95. The van der Waals surface area contributed by atoms with Crippen molar-refractivity contribution in [2.24, 2.45) is 5.92 Å². The van der Waals surface area contributed by atoms with Crippen molar-refractivity contribution >= 4 is 11.8 Å². The fourth-order valence-corrected chi connectivity index (χ4v) is 4.92. The number of hydrogen-bond donors (Lipinski definition) is 1. The molecule has 5 rings (SSSR count). The van der Waals surface area contributed by atoms with Crippen LogP contribution < -0.4 is 0 Å². The Balaban J connectivity index is 1.40. The quantitative estimate of drug-likeness (QED) is 0.857. The summed E-state index contributed by atoms with van der Waals surface area (Å²) in [6.45, 7) is 3.82. The average Bonchev–Trinajstić information content (AvgIpc) is 3.05. The van der Waals surface area contributed by atoms with Crippen molar-refractivity contribution in [2.45, 2.75) is 30.1 Å². The molecule has 4 heteroatoms. The van der Waals surface area contributed by atoms with Crippen LogP contribution in [-0.2, 0) is 6.42 Å². The topological polar surface area (TPSA) is 31.9 Å². The molecule has 0 aliphatic carbocycles. The van der Waals surface area contributed by atoms with Crippen LogP contribution in [0.15, 0.2) is 41.4 Å². The molecule has 3 saturated heterocycles. The molecule has 3 aliphatic heterocycles. The molecule has 3 nitrogen and oxygen atoms in total. The number of nitrogens with one attached hydrogen (secondary N) is 1. The number of thioether (sulfide) groups is 1. The number of nitrogens with zero attached hydrogens (tertiary/aromatic N) is 2. The molecule has 1 N–H and O–H groups in total. The first kappa shape index (κ1) is 14.3. The molecular weight excluding hydrogens is 290 g/mol. The zero-order valence-corrected chi connectivity index (χ0v) is 13.7. The van der Waals surface area contributed by atoms with Gasteiger partial charge in [-0.1, -0.05) is 30.3 Å². The van der Waals surface area contributed by atoms with Crippen molar-refractivity contribution in [3.8, 4) is 0 Å². The molecule has 1 unspecified atom stereocenters. The van der Waals surface area contributed by atoms with E-state index in [0.717, 1.165) is 18.1 Å². The summed E-state index contributed by atoms with van der Waals surface area (Å²) in [5.41, 5.74) is 2.82. The highest BCUT2D eigenvalue weighted by molar-refractivity contribution is 7.99. The van der Waals surface area contributed by atoms with E-state index in [-0.39, 0.29) is 0 Å². The van der Waals surface area contributed by atoms with E-state index in [0.29, 0.717) is 5.92 Å². The molecule has 0 saturated carbocycles. The smallest absolute Gasteiger partial charge is 0.0626 e. The standard InChI is InChI=1S/C18H23N3S/c1-2-4-14(5-3-1)8-11-22-17-12-19-20-18(17)16-13-21-9-6-15(16)7-10-21/h1-5,12,15-16H,6-11,13H2,(H,19,20). The van der Waals surface area contributed by atoms with E-state index >= 15 is 0 Å². The van der Waals surface area contributed by atoms with Crippen LogP contribution in [0.3, 0.4) is 0 Å². The van der Waals surface area contributed by atoms with Crippen LogP contribution in [0.4, 0.5) is 0 Å². The maximum absolute atomic E-state index is 4.34. The maximum atomic E-state index is 4.34. The van der Waals surface area contributed by atoms with E-state index in [4.69, 9.17) is 0 Å². The summed E-state index contributed by atoms with van der Waals surface area (Å²) in [6.07, 6.45) is 5.87. The Morgan fingerprint density at radius 2 is 2.00 bits per heavy atom. The van der Waals surface area contributed by atoms with Crippen molar-refractivity contribution < 1.29 is 0 Å². The SMILES string of the molecule is c1ccc(CCSc2cn[nH]c2C2CN3CCC2CC3)cc1. The lowest BCUT2D eigenvalue weighted by molar-refractivity contribution is 0.0844. The van der Waals surface area contributed by atoms with Gasteiger partial charge in [-0.2, -0.15) is 5.10 Å². The second-order valence-corrected chi connectivity index (χ2v) is 7.61. The number of aromatic nitrogens is 2. The minimum atomic E-state index is 0.671. The number of rotatable bonds is 5. The van der Waals surface area contributed by atoms with Crippen molar-refractivity contribution in [2.75, 3.05) is 25.4 Å². The molecule has 2 aromatic rings. The Kier molecular flexibility index (Phi) is 4.22. The molecule has 3 fully saturated rings. The number of aryl methyl sites for hydroxylation is 1. The summed E-state index contributed by atoms with van der Waals surface area (Å²) in [4.78, 5) is 3.99. The van der Waals surface area contributed by atoms with E-state index in [9.17, 15) is 0 Å². The van der Waals surface area contributed by atoms with Gasteiger partial charge in [0.05, 0.1) is 11.9 Å². The number of hydrogen-bond acceptors (Lipinski definition) is 3. The summed E-state index contributed by atoms with van der Waals surface area (Å²) < 4.78 is 0. The summed E-state index contributed by atoms with van der Waals surface area (Å²) in [7, 11) is 0. The van der Waals surface area contributed by atoms with Gasteiger partial charge in [-0.3, -0.25) is 5.10 Å². The Bertz CT molecular complexity index is 602. The van der Waals surface area contributed by atoms with Gasteiger partial charge in [0.25, 0.3) is 0 Å². The Morgan fingerprint density at radius 3 is 2.73 bits per heavy atom. The van der Waals surface area contributed by atoms with E-state index in [1.165, 1.54) is 48.6 Å². The van der Waals surface area contributed by atoms with Crippen molar-refractivity contribution in [1.82, 2.24) is 15.1 Å². The molecule has 0 amide bonds. The van der Waals surface area contributed by atoms with Gasteiger partial charge < -0.3 is 4.90 Å². The number of aromatic amines is 1. The molecular formula is C18H23N3S. The van der Waals surface area contributed by atoms with Gasteiger partial charge in [0.2, 0.25) is 0 Å². The third-order valence-corrected chi connectivity index (χ3v) is 6.19. The fourth-order valence-electron chi connectivity index (χ4n) is 3.88. The Hall–Kier alpha value is -1.26. The van der Waals surface area contributed by atoms with Gasteiger partial charge in [-0.05, 0) is 43.8 Å². The van der Waals surface area contributed by atoms with E-state index in [1.807, 2.05) is 18.0 Å². The molecule has 4 heterocycles. The maximum Gasteiger partial charge on any atom is 0.0626 e. The van der Waals surface area contributed by atoms with Crippen molar-refractivity contribution in [1.29, 1.82) is 0 Å². The van der Waals surface area contributed by atoms with Gasteiger partial charge in [-0.15, -0.1) is 11.8 Å². The average molecular weight is 313 g/mol. The van der Waals surface area contributed by atoms with Gasteiger partial charge in [0, 0.05) is 23.1 Å². The lowest BCUT2D eigenvalue weighted by atomic mass is 9.77. The van der Waals surface area contributed by atoms with E-state index < -0.39 is 0 Å². The van der Waals surface area contributed by atoms with Crippen LogP contribution in [0, 0.1) is 5.92 Å². The van der Waals surface area contributed by atoms with Crippen molar-refractivity contribution in [3.05, 3.63) is 47.8 Å². The summed E-state index contributed by atoms with van der Waals surface area (Å²) >= 11 is 1.96. The van der Waals surface area contributed by atoms with Gasteiger partial charge in [0.1, 0.15) is 0 Å². The van der Waals surface area contributed by atoms with Crippen molar-refractivity contribution in [3.63, 3.8) is 0 Å². The normalized spacial score (nSPS) is 27.2. The largest absolute Gasteiger partial charge is 0.303 e. The summed E-state index contributed by atoms with van der Waals surface area (Å²) in [5, 5.41) is 7.65. The summed E-state index contributed by atoms with van der Waals surface area (Å²) in [5.74, 6) is 2.65. The minimum Gasteiger partial charge on any atom is -0.303 e. The fraction of sp³-hybridized carbons (Fsp3) is 0.500. The molecule has 2 bridgehead atoms. The highest BCUT2D eigenvalue weighted by Crippen LogP contribution is 2.41. The number of piperidine rings is 3. The van der Waals surface area contributed by atoms with E-state index in [1.54, 1.807) is 0 Å². The molecule has 1 aromatic carbocycles. The number of fused-ring (bicyclic) bond motifs is 3. The van der Waals surface area contributed by atoms with Gasteiger partial charge in [-0.25, -0.2) is 0 Å². The molecule has 1 atom stereocenters. The Morgan fingerprint density at radius 1 is 1.18 bits per heavy atom. The van der Waals surface area contributed by atoms with Gasteiger partial charge in [0.15, 0.2) is 0 Å². The zero-order chi connectivity index (χ0) is 14.8. The van der Waals surface area contributed by atoms with Crippen LogP contribution in [-0.4, -0.2) is 40.5 Å². The monoisotopic (exact) mass is 313 g/mol. The van der Waals surface area contributed by atoms with Crippen LogP contribution in [0.5, 0.6) is 0 Å². The van der Waals surface area contributed by atoms with Crippen LogP contribution in [0.25, 0.3) is 0 Å². The predicted molar refractivity (Wildman–Crippen MR) is 91.4 cm³/mol. The number of H-pyrrole nitrogens is 1. The molecule has 0 spiro atoms. The van der Waals surface area contributed by atoms with Crippen LogP contribution in [0.2, 0.25) is 0 Å². The first-order valence-corrected chi connectivity index (χ1v) is 9.31. The molecule has 1 aromatic heterocycles. The second kappa shape index (κ2) is 6.47. The molecule has 0 radical (unpaired) electrons. The molecule has 116 valence electrons. The highest BCUT2D eigenvalue weighted by atomic mass is 32.2. The second-order valence-electron chi connectivity index (χ2n) is 6.48.